The van der Waals surface area contributed by atoms with Gasteiger partial charge < -0.3 is 38.3 Å². The van der Waals surface area contributed by atoms with Gasteiger partial charge in [0.2, 0.25) is 0 Å². The van der Waals surface area contributed by atoms with E-state index >= 15 is 0 Å². The SMILES string of the molecule is C=CCOCC(CO)O[C@H]1O[C@H](COCc2ccccc2)[C@@H](OCc2ccccc2)[C@H](OCc2ccccc2)[C@H]1OCc1ccccc1. The lowest BCUT2D eigenvalue weighted by molar-refractivity contribution is -0.339. The summed E-state index contributed by atoms with van der Waals surface area (Å²) >= 11 is 0. The molecule has 0 bridgehead atoms. The number of ether oxygens (including phenoxy) is 7. The summed E-state index contributed by atoms with van der Waals surface area (Å²) in [6.07, 6.45) is -2.49. The standard InChI is InChI=1S/C40H46O8/c1-2-23-42-29-35(24-41)47-40-39(46-28-34-21-13-6-14-22-34)38(45-27-33-19-11-5-12-20-33)37(44-26-32-17-9-4-10-18-32)36(48-40)30-43-25-31-15-7-3-8-16-31/h2-22,35-41H,1,23-30H2/t35?,36-,37-,38+,39-,40+/m1/s1. The van der Waals surface area contributed by atoms with Crippen molar-refractivity contribution < 1.29 is 38.3 Å². The van der Waals surface area contributed by atoms with Crippen LogP contribution in [0.5, 0.6) is 0 Å². The molecular formula is C40H46O8. The van der Waals surface area contributed by atoms with Crippen molar-refractivity contribution in [3.63, 3.8) is 0 Å². The molecule has 0 amide bonds. The molecule has 1 unspecified atom stereocenters. The maximum Gasteiger partial charge on any atom is 0.187 e. The molecule has 8 nitrogen and oxygen atoms in total. The molecule has 254 valence electrons. The zero-order valence-corrected chi connectivity index (χ0v) is 27.3. The third-order valence-electron chi connectivity index (χ3n) is 7.91. The first-order chi connectivity index (χ1) is 23.7. The molecule has 1 heterocycles. The van der Waals surface area contributed by atoms with Crippen LogP contribution >= 0.6 is 0 Å². The van der Waals surface area contributed by atoms with Gasteiger partial charge in [0.05, 0.1) is 52.9 Å². The van der Waals surface area contributed by atoms with Crippen LogP contribution in [0.4, 0.5) is 0 Å². The van der Waals surface area contributed by atoms with E-state index in [0.717, 1.165) is 22.3 Å². The summed E-state index contributed by atoms with van der Waals surface area (Å²) in [4.78, 5) is 0. The Labute approximate surface area is 283 Å². The van der Waals surface area contributed by atoms with Gasteiger partial charge in [0.15, 0.2) is 6.29 Å². The molecular weight excluding hydrogens is 608 g/mol. The van der Waals surface area contributed by atoms with Crippen LogP contribution in [0.3, 0.4) is 0 Å². The molecule has 48 heavy (non-hydrogen) atoms. The minimum Gasteiger partial charge on any atom is -0.394 e. The largest absolute Gasteiger partial charge is 0.394 e. The van der Waals surface area contributed by atoms with Gasteiger partial charge in [-0.25, -0.2) is 0 Å². The van der Waals surface area contributed by atoms with E-state index in [9.17, 15) is 5.11 Å². The summed E-state index contributed by atoms with van der Waals surface area (Å²) in [5, 5.41) is 10.3. The van der Waals surface area contributed by atoms with E-state index in [4.69, 9.17) is 33.2 Å². The van der Waals surface area contributed by atoms with Gasteiger partial charge in [-0.3, -0.25) is 0 Å². The lowest BCUT2D eigenvalue weighted by atomic mass is 9.97. The molecule has 4 aromatic carbocycles. The van der Waals surface area contributed by atoms with E-state index < -0.39 is 36.8 Å². The minimum absolute atomic E-state index is 0.145. The van der Waals surface area contributed by atoms with Crippen LogP contribution in [-0.4, -0.2) is 68.3 Å². The Morgan fingerprint density at radius 2 is 1.06 bits per heavy atom. The maximum absolute atomic E-state index is 10.3. The fourth-order valence-electron chi connectivity index (χ4n) is 5.46. The topological polar surface area (TPSA) is 84.8 Å². The van der Waals surface area contributed by atoms with Gasteiger partial charge >= 0.3 is 0 Å². The van der Waals surface area contributed by atoms with E-state index in [1.54, 1.807) is 6.08 Å². The summed E-state index contributed by atoms with van der Waals surface area (Å²) in [6.45, 7) is 5.45. The maximum atomic E-state index is 10.3. The second-order valence-corrected chi connectivity index (χ2v) is 11.6. The van der Waals surface area contributed by atoms with E-state index in [1.807, 2.05) is 121 Å². The molecule has 1 aliphatic heterocycles. The van der Waals surface area contributed by atoms with Crippen LogP contribution in [0.2, 0.25) is 0 Å². The molecule has 1 aliphatic rings. The Kier molecular flexibility index (Phi) is 14.8. The number of rotatable bonds is 20. The molecule has 0 aliphatic carbocycles. The van der Waals surface area contributed by atoms with E-state index in [0.29, 0.717) is 26.4 Å². The molecule has 8 heteroatoms. The number of hydrogen-bond acceptors (Lipinski definition) is 8. The van der Waals surface area contributed by atoms with Crippen LogP contribution in [0.15, 0.2) is 134 Å². The van der Waals surface area contributed by atoms with E-state index in [1.165, 1.54) is 0 Å². The zero-order valence-electron chi connectivity index (χ0n) is 27.3. The molecule has 0 spiro atoms. The van der Waals surface area contributed by atoms with Crippen molar-refractivity contribution in [2.45, 2.75) is 63.2 Å². The fourth-order valence-corrected chi connectivity index (χ4v) is 5.46. The quantitative estimate of drug-likeness (QED) is 0.0883. The van der Waals surface area contributed by atoms with Crippen LogP contribution in [0, 0.1) is 0 Å². The van der Waals surface area contributed by atoms with Gasteiger partial charge in [-0.15, -0.1) is 6.58 Å². The van der Waals surface area contributed by atoms with Crippen LogP contribution in [-0.2, 0) is 59.6 Å². The summed E-state index contributed by atoms with van der Waals surface area (Å²) in [6, 6.07) is 39.9. The Morgan fingerprint density at radius 1 is 0.604 bits per heavy atom. The van der Waals surface area contributed by atoms with Gasteiger partial charge in [-0.2, -0.15) is 0 Å². The van der Waals surface area contributed by atoms with Crippen molar-refractivity contribution >= 4 is 0 Å². The van der Waals surface area contributed by atoms with Crippen LogP contribution < -0.4 is 0 Å². The summed E-state index contributed by atoms with van der Waals surface area (Å²) in [7, 11) is 0. The van der Waals surface area contributed by atoms with Crippen molar-refractivity contribution in [3.05, 3.63) is 156 Å². The second kappa shape index (κ2) is 20.0. The molecule has 6 atom stereocenters. The monoisotopic (exact) mass is 654 g/mol. The van der Waals surface area contributed by atoms with Gasteiger partial charge in [-0.05, 0) is 22.3 Å². The molecule has 5 rings (SSSR count). The molecule has 0 radical (unpaired) electrons. The third-order valence-corrected chi connectivity index (χ3v) is 7.91. The first kappa shape index (κ1) is 35.6. The van der Waals surface area contributed by atoms with Gasteiger partial charge in [0.25, 0.3) is 0 Å². The van der Waals surface area contributed by atoms with Gasteiger partial charge in [0, 0.05) is 0 Å². The van der Waals surface area contributed by atoms with Crippen molar-refractivity contribution in [1.29, 1.82) is 0 Å². The van der Waals surface area contributed by atoms with Gasteiger partial charge in [0.1, 0.15) is 30.5 Å². The molecule has 1 N–H and O–H groups in total. The average molecular weight is 655 g/mol. The highest BCUT2D eigenvalue weighted by Crippen LogP contribution is 2.32. The highest BCUT2D eigenvalue weighted by Gasteiger charge is 2.49. The first-order valence-corrected chi connectivity index (χ1v) is 16.4. The molecule has 0 aromatic heterocycles. The molecule has 4 aromatic rings. The van der Waals surface area contributed by atoms with Crippen LogP contribution in [0.25, 0.3) is 0 Å². The zero-order chi connectivity index (χ0) is 33.2. The Hall–Kier alpha value is -3.70. The average Bonchev–Trinajstić information content (AvgIpc) is 3.14. The number of aliphatic hydroxyl groups is 1. The fraction of sp³-hybridized carbons (Fsp3) is 0.350. The molecule has 1 saturated heterocycles. The van der Waals surface area contributed by atoms with Crippen molar-refractivity contribution in [3.8, 4) is 0 Å². The normalized spacial score (nSPS) is 21.5. The summed E-state index contributed by atoms with van der Waals surface area (Å²) in [5.74, 6) is 0. The highest BCUT2D eigenvalue weighted by atomic mass is 16.7. The highest BCUT2D eigenvalue weighted by molar-refractivity contribution is 5.16. The smallest absolute Gasteiger partial charge is 0.187 e. The van der Waals surface area contributed by atoms with Crippen molar-refractivity contribution in [1.82, 2.24) is 0 Å². The number of hydrogen-bond donors (Lipinski definition) is 1. The lowest BCUT2D eigenvalue weighted by Crippen LogP contribution is -2.62. The van der Waals surface area contributed by atoms with Crippen molar-refractivity contribution in [2.75, 3.05) is 26.4 Å². The number of aliphatic hydroxyl groups excluding tert-OH is 1. The Balaban J connectivity index is 1.45. The lowest BCUT2D eigenvalue weighted by Gasteiger charge is -2.46. The summed E-state index contributed by atoms with van der Waals surface area (Å²) < 4.78 is 45.0. The second-order valence-electron chi connectivity index (χ2n) is 11.6. The molecule has 1 fully saturated rings. The third kappa shape index (κ3) is 11.2. The predicted molar refractivity (Wildman–Crippen MR) is 183 cm³/mol. The minimum atomic E-state index is -0.930. The molecule has 0 saturated carbocycles. The predicted octanol–water partition coefficient (Wildman–Crippen LogP) is 6.26. The first-order valence-electron chi connectivity index (χ1n) is 16.4. The Bertz CT molecular complexity index is 1420. The van der Waals surface area contributed by atoms with Crippen LogP contribution in [0.1, 0.15) is 22.3 Å². The Morgan fingerprint density at radius 3 is 1.54 bits per heavy atom. The van der Waals surface area contributed by atoms with E-state index in [2.05, 4.69) is 6.58 Å². The van der Waals surface area contributed by atoms with Crippen molar-refractivity contribution in [2.24, 2.45) is 0 Å². The number of benzene rings is 4. The summed E-state index contributed by atoms with van der Waals surface area (Å²) in [5.41, 5.74) is 4.06. The van der Waals surface area contributed by atoms with E-state index in [-0.39, 0.29) is 26.4 Å². The van der Waals surface area contributed by atoms with Gasteiger partial charge in [-0.1, -0.05) is 127 Å².